The summed E-state index contributed by atoms with van der Waals surface area (Å²) in [6.45, 7) is 2.94. The molecule has 0 heterocycles. The van der Waals surface area contributed by atoms with Crippen LogP contribution >= 0.6 is 0 Å². The minimum Gasteiger partial charge on any atom is -0.352 e. The predicted octanol–water partition coefficient (Wildman–Crippen LogP) is -0.454. The van der Waals surface area contributed by atoms with Crippen LogP contribution in [0.4, 0.5) is 4.79 Å². The van der Waals surface area contributed by atoms with E-state index < -0.39 is 6.03 Å². The van der Waals surface area contributed by atoms with Crippen molar-refractivity contribution in [2.45, 2.75) is 19.4 Å². The van der Waals surface area contributed by atoms with Gasteiger partial charge in [-0.1, -0.05) is 6.92 Å². The molecule has 68 valence electrons. The summed E-state index contributed by atoms with van der Waals surface area (Å²) in [6.07, 6.45) is 0.757. The fraction of sp³-hybridized carbons (Fsp3) is 0.714. The summed E-state index contributed by atoms with van der Waals surface area (Å²) < 4.78 is 0. The summed E-state index contributed by atoms with van der Waals surface area (Å²) in [5, 5.41) is 13.9. The Hall–Kier alpha value is -1.28. The fourth-order valence-electron chi connectivity index (χ4n) is 0.713. The maximum atomic E-state index is 10.2. The van der Waals surface area contributed by atoms with Crippen molar-refractivity contribution in [3.63, 3.8) is 0 Å². The van der Waals surface area contributed by atoms with Crippen LogP contribution < -0.4 is 16.4 Å². The predicted molar refractivity (Wildman–Crippen MR) is 45.3 cm³/mol. The first kappa shape index (κ1) is 10.7. The second-order valence-electron chi connectivity index (χ2n) is 2.34. The molecular formula is C7H14N4O. The molecule has 0 saturated carbocycles. The fourth-order valence-corrected chi connectivity index (χ4v) is 0.713. The van der Waals surface area contributed by atoms with Crippen LogP contribution in [0, 0.1) is 11.3 Å². The Morgan fingerprint density at radius 3 is 2.75 bits per heavy atom. The summed E-state index contributed by atoms with van der Waals surface area (Å²) >= 11 is 0. The number of nitriles is 1. The molecule has 0 saturated heterocycles. The lowest BCUT2D eigenvalue weighted by Gasteiger charge is -2.08. The molecule has 5 nitrogen and oxygen atoms in total. The number of carbonyl (C=O) groups is 1. The molecule has 0 rings (SSSR count). The molecule has 2 amide bonds. The van der Waals surface area contributed by atoms with Gasteiger partial charge in [-0.25, -0.2) is 4.79 Å². The molecule has 0 radical (unpaired) electrons. The van der Waals surface area contributed by atoms with E-state index in [0.717, 1.165) is 6.42 Å². The average molecular weight is 170 g/mol. The summed E-state index contributed by atoms with van der Waals surface area (Å²) in [5.41, 5.74) is 4.83. The van der Waals surface area contributed by atoms with E-state index in [1.165, 1.54) is 0 Å². The highest BCUT2D eigenvalue weighted by Crippen LogP contribution is 1.85. The van der Waals surface area contributed by atoms with Crippen molar-refractivity contribution in [3.8, 4) is 6.07 Å². The number of hydrogen-bond donors (Lipinski definition) is 3. The second kappa shape index (κ2) is 6.43. The van der Waals surface area contributed by atoms with Gasteiger partial charge < -0.3 is 16.4 Å². The number of nitrogens with two attached hydrogens (primary N) is 1. The van der Waals surface area contributed by atoms with Crippen molar-refractivity contribution in [1.29, 1.82) is 5.26 Å². The van der Waals surface area contributed by atoms with Gasteiger partial charge in [0.25, 0.3) is 0 Å². The van der Waals surface area contributed by atoms with Gasteiger partial charge in [-0.3, -0.25) is 0 Å². The molecule has 0 bridgehead atoms. The molecule has 12 heavy (non-hydrogen) atoms. The van der Waals surface area contributed by atoms with Gasteiger partial charge in [-0.15, -0.1) is 0 Å². The Kier molecular flexibility index (Phi) is 5.75. The molecule has 0 aliphatic carbocycles. The molecule has 0 aromatic heterocycles. The Labute approximate surface area is 71.9 Å². The summed E-state index contributed by atoms with van der Waals surface area (Å²) in [5.74, 6) is 0. The number of nitrogens with one attached hydrogen (secondary N) is 2. The van der Waals surface area contributed by atoms with Gasteiger partial charge in [0.1, 0.15) is 0 Å². The van der Waals surface area contributed by atoms with Gasteiger partial charge in [-0.2, -0.15) is 5.26 Å². The van der Waals surface area contributed by atoms with Crippen molar-refractivity contribution in [2.75, 3.05) is 13.1 Å². The molecule has 5 heteroatoms. The van der Waals surface area contributed by atoms with Gasteiger partial charge in [0, 0.05) is 13.1 Å². The van der Waals surface area contributed by atoms with Gasteiger partial charge in [0.15, 0.2) is 0 Å². The van der Waals surface area contributed by atoms with Crippen LogP contribution in [0.5, 0.6) is 0 Å². The number of hydrogen-bond acceptors (Lipinski definition) is 3. The smallest absolute Gasteiger partial charge is 0.312 e. The van der Waals surface area contributed by atoms with E-state index in [1.54, 1.807) is 0 Å². The summed E-state index contributed by atoms with van der Waals surface area (Å²) in [4.78, 5) is 10.2. The minimum absolute atomic E-state index is 0.139. The number of urea groups is 1. The molecular weight excluding hydrogens is 156 g/mol. The monoisotopic (exact) mass is 170 g/mol. The standard InChI is InChI=1S/C7H14N4O/c1-2-6(5-8)10-3-4-11-7(9)12/h6,10H,2-4H2,1H3,(H3,9,11,12). The quantitative estimate of drug-likeness (QED) is 0.488. The zero-order valence-corrected chi connectivity index (χ0v) is 7.13. The molecule has 4 N–H and O–H groups in total. The van der Waals surface area contributed by atoms with Crippen LogP contribution in [-0.2, 0) is 0 Å². The zero-order valence-electron chi connectivity index (χ0n) is 7.13. The topological polar surface area (TPSA) is 90.9 Å². The van der Waals surface area contributed by atoms with Gasteiger partial charge >= 0.3 is 6.03 Å². The van der Waals surface area contributed by atoms with E-state index in [0.29, 0.717) is 13.1 Å². The number of amides is 2. The molecule has 1 unspecified atom stereocenters. The van der Waals surface area contributed by atoms with Gasteiger partial charge in [-0.05, 0) is 6.42 Å². The first-order valence-electron chi connectivity index (χ1n) is 3.87. The maximum absolute atomic E-state index is 10.2. The molecule has 1 atom stereocenters. The number of primary amides is 1. The minimum atomic E-state index is -0.540. The van der Waals surface area contributed by atoms with Crippen molar-refractivity contribution < 1.29 is 4.79 Å². The third-order valence-electron chi connectivity index (χ3n) is 1.38. The average Bonchev–Trinajstić information content (AvgIpc) is 2.04. The van der Waals surface area contributed by atoms with E-state index in [2.05, 4.69) is 16.7 Å². The Morgan fingerprint density at radius 2 is 2.33 bits per heavy atom. The van der Waals surface area contributed by atoms with E-state index in [4.69, 9.17) is 11.0 Å². The van der Waals surface area contributed by atoms with Crippen molar-refractivity contribution in [3.05, 3.63) is 0 Å². The molecule has 0 aromatic rings. The Morgan fingerprint density at radius 1 is 1.67 bits per heavy atom. The van der Waals surface area contributed by atoms with Crippen LogP contribution in [0.3, 0.4) is 0 Å². The van der Waals surface area contributed by atoms with Crippen LogP contribution in [0.2, 0.25) is 0 Å². The lowest BCUT2D eigenvalue weighted by molar-refractivity contribution is 0.249. The molecule has 0 aromatic carbocycles. The molecule has 0 fully saturated rings. The zero-order chi connectivity index (χ0) is 9.40. The summed E-state index contributed by atoms with van der Waals surface area (Å²) in [7, 11) is 0. The van der Waals surface area contributed by atoms with Crippen molar-refractivity contribution in [2.24, 2.45) is 5.73 Å². The van der Waals surface area contributed by atoms with Gasteiger partial charge in [0.05, 0.1) is 12.1 Å². The highest BCUT2D eigenvalue weighted by atomic mass is 16.2. The Bertz CT molecular complexity index is 175. The van der Waals surface area contributed by atoms with Crippen molar-refractivity contribution in [1.82, 2.24) is 10.6 Å². The largest absolute Gasteiger partial charge is 0.352 e. The molecule has 0 spiro atoms. The van der Waals surface area contributed by atoms with Gasteiger partial charge in [0.2, 0.25) is 0 Å². The lowest BCUT2D eigenvalue weighted by atomic mass is 10.2. The normalized spacial score (nSPS) is 11.7. The summed E-state index contributed by atoms with van der Waals surface area (Å²) in [6, 6.07) is 1.41. The molecule has 0 aliphatic rings. The van der Waals surface area contributed by atoms with E-state index in [-0.39, 0.29) is 6.04 Å². The Balaban J connectivity index is 3.31. The van der Waals surface area contributed by atoms with Crippen molar-refractivity contribution >= 4 is 6.03 Å². The van der Waals surface area contributed by atoms with E-state index >= 15 is 0 Å². The van der Waals surface area contributed by atoms with Crippen LogP contribution in [0.15, 0.2) is 0 Å². The maximum Gasteiger partial charge on any atom is 0.312 e. The van der Waals surface area contributed by atoms with Crippen LogP contribution in [-0.4, -0.2) is 25.2 Å². The number of rotatable bonds is 5. The van der Waals surface area contributed by atoms with Crippen LogP contribution in [0.25, 0.3) is 0 Å². The molecule has 0 aliphatic heterocycles. The third-order valence-corrected chi connectivity index (χ3v) is 1.38. The lowest BCUT2D eigenvalue weighted by Crippen LogP contribution is -2.38. The highest BCUT2D eigenvalue weighted by molar-refractivity contribution is 5.71. The number of nitrogens with zero attached hydrogens (tertiary/aromatic N) is 1. The first-order valence-corrected chi connectivity index (χ1v) is 3.87. The third kappa shape index (κ3) is 5.50. The first-order chi connectivity index (χ1) is 5.70. The van der Waals surface area contributed by atoms with E-state index in [1.807, 2.05) is 6.92 Å². The van der Waals surface area contributed by atoms with Crippen LogP contribution in [0.1, 0.15) is 13.3 Å². The second-order valence-corrected chi connectivity index (χ2v) is 2.34. The highest BCUT2D eigenvalue weighted by Gasteiger charge is 2.01. The SMILES string of the molecule is CCC(C#N)NCCNC(N)=O. The van der Waals surface area contributed by atoms with E-state index in [9.17, 15) is 4.79 Å². The number of carbonyl (C=O) groups excluding carboxylic acids is 1.